The second kappa shape index (κ2) is 11.7. The van der Waals surface area contributed by atoms with Crippen molar-refractivity contribution in [3.63, 3.8) is 0 Å². The highest BCUT2D eigenvalue weighted by Crippen LogP contribution is 2.62. The first-order valence-corrected chi connectivity index (χ1v) is 20.0. The summed E-state index contributed by atoms with van der Waals surface area (Å²) in [5, 5.41) is 4.99. The molecule has 0 bridgehead atoms. The summed E-state index contributed by atoms with van der Waals surface area (Å²) in [5.41, 5.74) is 16.4. The molecule has 3 nitrogen and oxygen atoms in total. The van der Waals surface area contributed by atoms with Gasteiger partial charge in [0.25, 0.3) is 0 Å². The van der Waals surface area contributed by atoms with Gasteiger partial charge >= 0.3 is 0 Å². The Kier molecular flexibility index (Phi) is 6.37. The molecule has 0 amide bonds. The summed E-state index contributed by atoms with van der Waals surface area (Å²) in [7, 11) is 0. The fraction of sp³-hybridized carbons (Fsp3) is 0.0182. The fourth-order valence-corrected chi connectivity index (χ4v) is 10.5. The average molecular weight is 739 g/mol. The number of hydrogen-bond donors (Lipinski definition) is 0. The number of aromatic nitrogens is 2. The van der Waals surface area contributed by atoms with Gasteiger partial charge in [-0.15, -0.1) is 0 Å². The molecule has 270 valence electrons. The van der Waals surface area contributed by atoms with Gasteiger partial charge in [-0.05, 0) is 100 Å². The standard InChI is InChI=1S/C55H34N2O/c1-2-15-36(16-3-1)56-48-24-10-5-18-41(48)43-33-35(29-32-50(43)56)38-20-14-26-51-54(38)42-19-6-11-25-49(42)57(51)37-30-31-40-39-17-4-7-21-44(39)55(47(40)34-37)45-22-8-12-27-52(45)58-53-28-13-9-23-46(53)55/h1-34H. The summed E-state index contributed by atoms with van der Waals surface area (Å²) >= 11 is 0. The van der Waals surface area contributed by atoms with Crippen LogP contribution < -0.4 is 4.74 Å². The van der Waals surface area contributed by atoms with Crippen LogP contribution in [0.1, 0.15) is 22.3 Å². The van der Waals surface area contributed by atoms with Crippen molar-refractivity contribution >= 4 is 43.6 Å². The van der Waals surface area contributed by atoms with Gasteiger partial charge in [-0.3, -0.25) is 0 Å². The zero-order valence-electron chi connectivity index (χ0n) is 31.4. The normalized spacial score (nSPS) is 13.4. The van der Waals surface area contributed by atoms with Gasteiger partial charge in [0.2, 0.25) is 0 Å². The molecule has 1 aliphatic heterocycles. The minimum absolute atomic E-state index is 0.536. The highest BCUT2D eigenvalue weighted by atomic mass is 16.5. The van der Waals surface area contributed by atoms with E-state index >= 15 is 0 Å². The summed E-state index contributed by atoms with van der Waals surface area (Å²) in [6, 6.07) is 75.4. The van der Waals surface area contributed by atoms with Crippen LogP contribution in [0.25, 0.3) is 77.2 Å². The molecule has 1 aliphatic carbocycles. The number of hydrogen-bond acceptors (Lipinski definition) is 1. The van der Waals surface area contributed by atoms with Crippen molar-refractivity contribution in [2.45, 2.75) is 5.41 Å². The molecule has 0 unspecified atom stereocenters. The number of ether oxygens (including phenoxy) is 1. The Balaban J connectivity index is 1.06. The Bertz CT molecular complexity index is 3450. The molecule has 2 aromatic heterocycles. The first kappa shape index (κ1) is 31.6. The van der Waals surface area contributed by atoms with Crippen molar-refractivity contribution in [3.05, 3.63) is 229 Å². The van der Waals surface area contributed by atoms with Crippen LogP contribution in [0.4, 0.5) is 0 Å². The molecule has 0 radical (unpaired) electrons. The Morgan fingerprint density at radius 3 is 1.69 bits per heavy atom. The Morgan fingerprint density at radius 1 is 0.328 bits per heavy atom. The van der Waals surface area contributed by atoms with Gasteiger partial charge in [0.05, 0.1) is 27.5 Å². The molecule has 2 aliphatic rings. The van der Waals surface area contributed by atoms with Crippen LogP contribution in [-0.2, 0) is 5.41 Å². The molecule has 3 heterocycles. The molecule has 3 heteroatoms. The third kappa shape index (κ3) is 4.07. The SMILES string of the molecule is c1ccc(-n2c3ccccc3c3cc(-c4cccc5c4c4ccccc4n5-c4ccc5c(c4)C4(c6ccccc6Oc6ccccc64)c4ccccc4-5)ccc32)cc1. The number of benzene rings is 9. The molecule has 0 N–H and O–H groups in total. The summed E-state index contributed by atoms with van der Waals surface area (Å²) < 4.78 is 11.5. The molecule has 1 spiro atoms. The van der Waals surface area contributed by atoms with E-state index in [1.54, 1.807) is 0 Å². The quantitative estimate of drug-likeness (QED) is 0.177. The van der Waals surface area contributed by atoms with Gasteiger partial charge in [0.15, 0.2) is 0 Å². The molecule has 11 aromatic rings. The van der Waals surface area contributed by atoms with E-state index in [0.29, 0.717) is 0 Å². The fourth-order valence-electron chi connectivity index (χ4n) is 10.5. The maximum atomic E-state index is 6.63. The summed E-state index contributed by atoms with van der Waals surface area (Å²) in [5.74, 6) is 1.80. The largest absolute Gasteiger partial charge is 0.457 e. The van der Waals surface area contributed by atoms with E-state index in [1.165, 1.54) is 93.8 Å². The lowest BCUT2D eigenvalue weighted by Gasteiger charge is -2.39. The van der Waals surface area contributed by atoms with Crippen LogP contribution in [0.3, 0.4) is 0 Å². The number of nitrogens with zero attached hydrogens (tertiary/aromatic N) is 2. The lowest BCUT2D eigenvalue weighted by molar-refractivity contribution is 0.436. The van der Waals surface area contributed by atoms with E-state index < -0.39 is 5.41 Å². The van der Waals surface area contributed by atoms with E-state index in [4.69, 9.17) is 4.74 Å². The van der Waals surface area contributed by atoms with Crippen LogP contribution in [0.15, 0.2) is 206 Å². The second-order valence-corrected chi connectivity index (χ2v) is 15.6. The molecule has 58 heavy (non-hydrogen) atoms. The predicted molar refractivity (Wildman–Crippen MR) is 238 cm³/mol. The van der Waals surface area contributed by atoms with Crippen molar-refractivity contribution in [3.8, 4) is 45.1 Å². The second-order valence-electron chi connectivity index (χ2n) is 15.6. The number of para-hydroxylation sites is 5. The lowest BCUT2D eigenvalue weighted by atomic mass is 9.66. The Hall–Kier alpha value is -7.62. The van der Waals surface area contributed by atoms with E-state index in [2.05, 4.69) is 215 Å². The monoisotopic (exact) mass is 738 g/mol. The van der Waals surface area contributed by atoms with Gasteiger partial charge in [0, 0.05) is 44.0 Å². The Morgan fingerprint density at radius 2 is 0.897 bits per heavy atom. The van der Waals surface area contributed by atoms with Crippen LogP contribution in [0, 0.1) is 0 Å². The lowest BCUT2D eigenvalue weighted by Crippen LogP contribution is -2.32. The minimum Gasteiger partial charge on any atom is -0.457 e. The molecular weight excluding hydrogens is 705 g/mol. The van der Waals surface area contributed by atoms with Crippen molar-refractivity contribution in [1.29, 1.82) is 0 Å². The van der Waals surface area contributed by atoms with Crippen LogP contribution >= 0.6 is 0 Å². The van der Waals surface area contributed by atoms with E-state index in [1.807, 2.05) is 0 Å². The van der Waals surface area contributed by atoms with Crippen LogP contribution in [0.5, 0.6) is 11.5 Å². The minimum atomic E-state index is -0.536. The molecule has 9 aromatic carbocycles. The zero-order valence-corrected chi connectivity index (χ0v) is 31.4. The van der Waals surface area contributed by atoms with Crippen LogP contribution in [0.2, 0.25) is 0 Å². The first-order chi connectivity index (χ1) is 28.8. The van der Waals surface area contributed by atoms with Gasteiger partial charge in [0.1, 0.15) is 11.5 Å². The smallest absolute Gasteiger partial charge is 0.132 e. The van der Waals surface area contributed by atoms with E-state index in [0.717, 1.165) is 17.2 Å². The Labute approximate surface area is 335 Å². The summed E-state index contributed by atoms with van der Waals surface area (Å²) in [4.78, 5) is 0. The van der Waals surface area contributed by atoms with Gasteiger partial charge < -0.3 is 13.9 Å². The van der Waals surface area contributed by atoms with Crippen molar-refractivity contribution in [2.75, 3.05) is 0 Å². The summed E-state index contributed by atoms with van der Waals surface area (Å²) in [6.45, 7) is 0. The third-order valence-electron chi connectivity index (χ3n) is 12.8. The van der Waals surface area contributed by atoms with Crippen LogP contribution in [-0.4, -0.2) is 9.13 Å². The highest BCUT2D eigenvalue weighted by Gasteiger charge is 2.51. The summed E-state index contributed by atoms with van der Waals surface area (Å²) in [6.07, 6.45) is 0. The molecule has 0 saturated heterocycles. The first-order valence-electron chi connectivity index (χ1n) is 20.0. The number of fused-ring (bicyclic) bond motifs is 15. The number of rotatable bonds is 3. The maximum absolute atomic E-state index is 6.63. The van der Waals surface area contributed by atoms with E-state index in [-0.39, 0.29) is 0 Å². The molecule has 0 atom stereocenters. The van der Waals surface area contributed by atoms with Crippen molar-refractivity contribution in [2.24, 2.45) is 0 Å². The predicted octanol–water partition coefficient (Wildman–Crippen LogP) is 14.0. The molecule has 13 rings (SSSR count). The average Bonchev–Trinajstić information content (AvgIpc) is 3.91. The van der Waals surface area contributed by atoms with Gasteiger partial charge in [-0.25, -0.2) is 0 Å². The van der Waals surface area contributed by atoms with Gasteiger partial charge in [-0.1, -0.05) is 140 Å². The maximum Gasteiger partial charge on any atom is 0.132 e. The zero-order chi connectivity index (χ0) is 38.0. The molecular formula is C55H34N2O. The topological polar surface area (TPSA) is 19.1 Å². The third-order valence-corrected chi connectivity index (χ3v) is 12.8. The van der Waals surface area contributed by atoms with Crippen molar-refractivity contribution in [1.82, 2.24) is 9.13 Å². The highest BCUT2D eigenvalue weighted by molar-refractivity contribution is 6.17. The van der Waals surface area contributed by atoms with Crippen molar-refractivity contribution < 1.29 is 4.74 Å². The van der Waals surface area contributed by atoms with E-state index in [9.17, 15) is 0 Å². The van der Waals surface area contributed by atoms with Gasteiger partial charge in [-0.2, -0.15) is 0 Å². The molecule has 0 fully saturated rings. The molecule has 0 saturated carbocycles.